The normalized spacial score (nSPS) is 11.9. The van der Waals surface area contributed by atoms with Crippen LogP contribution in [0.4, 0.5) is 0 Å². The molecule has 1 unspecified atom stereocenters. The van der Waals surface area contributed by atoms with Gasteiger partial charge in [-0.15, -0.1) is 0 Å². The summed E-state index contributed by atoms with van der Waals surface area (Å²) in [5.74, 6) is 1.27. The number of aliphatic hydroxyl groups excluding tert-OH is 1. The fourth-order valence-corrected chi connectivity index (χ4v) is 2.18. The van der Waals surface area contributed by atoms with Crippen LogP contribution in [0.5, 0.6) is 11.5 Å². The zero-order chi connectivity index (χ0) is 14.4. The Labute approximate surface area is 119 Å². The lowest BCUT2D eigenvalue weighted by atomic mass is 10.0. The number of aliphatic hydroxyl groups is 1. The van der Waals surface area contributed by atoms with Crippen molar-refractivity contribution >= 4 is 0 Å². The lowest BCUT2D eigenvalue weighted by Gasteiger charge is -2.17. The van der Waals surface area contributed by atoms with Crippen molar-refractivity contribution in [3.63, 3.8) is 0 Å². The molecular weight excluding hydrogens is 254 g/mol. The van der Waals surface area contributed by atoms with Crippen molar-refractivity contribution in [2.45, 2.75) is 18.9 Å². The number of nitrogens with zero attached hydrogens (tertiary/aromatic N) is 1. The van der Waals surface area contributed by atoms with Gasteiger partial charge >= 0.3 is 0 Å². The van der Waals surface area contributed by atoms with E-state index in [9.17, 15) is 5.11 Å². The first kappa shape index (κ1) is 14.3. The number of rotatable bonds is 6. The standard InChI is InChI=1S/C16H19NO3/c1-19-14-7-5-8-15(20-2)16(14)13(18)10-9-12-6-3-4-11-17-12/h3-8,11,13,18H,9-10H2,1-2H3. The van der Waals surface area contributed by atoms with Gasteiger partial charge < -0.3 is 14.6 Å². The van der Waals surface area contributed by atoms with E-state index in [2.05, 4.69) is 4.98 Å². The Morgan fingerprint density at radius 1 is 1.05 bits per heavy atom. The number of hydrogen-bond donors (Lipinski definition) is 1. The fourth-order valence-electron chi connectivity index (χ4n) is 2.18. The topological polar surface area (TPSA) is 51.6 Å². The summed E-state index contributed by atoms with van der Waals surface area (Å²) in [7, 11) is 3.17. The van der Waals surface area contributed by atoms with E-state index in [0.29, 0.717) is 29.9 Å². The summed E-state index contributed by atoms with van der Waals surface area (Å²) in [4.78, 5) is 4.26. The maximum Gasteiger partial charge on any atom is 0.128 e. The molecule has 4 heteroatoms. The third-order valence-corrected chi connectivity index (χ3v) is 3.20. The molecular formula is C16H19NO3. The average Bonchev–Trinajstić information content (AvgIpc) is 2.52. The minimum atomic E-state index is -0.650. The van der Waals surface area contributed by atoms with E-state index in [4.69, 9.17) is 9.47 Å². The van der Waals surface area contributed by atoms with Crippen LogP contribution in [0.15, 0.2) is 42.6 Å². The summed E-state index contributed by atoms with van der Waals surface area (Å²) in [6.07, 6.45) is 2.37. The first-order valence-corrected chi connectivity index (χ1v) is 6.55. The van der Waals surface area contributed by atoms with Crippen LogP contribution >= 0.6 is 0 Å². The monoisotopic (exact) mass is 273 g/mol. The van der Waals surface area contributed by atoms with Crippen molar-refractivity contribution in [1.82, 2.24) is 4.98 Å². The quantitative estimate of drug-likeness (QED) is 0.879. The predicted molar refractivity (Wildman–Crippen MR) is 77.1 cm³/mol. The van der Waals surface area contributed by atoms with E-state index in [0.717, 1.165) is 5.69 Å². The highest BCUT2D eigenvalue weighted by atomic mass is 16.5. The Hall–Kier alpha value is -2.07. The number of benzene rings is 1. The first-order valence-electron chi connectivity index (χ1n) is 6.55. The molecule has 1 atom stereocenters. The summed E-state index contributed by atoms with van der Waals surface area (Å²) < 4.78 is 10.6. The molecule has 0 aliphatic carbocycles. The minimum Gasteiger partial charge on any atom is -0.496 e. The van der Waals surface area contributed by atoms with E-state index in [1.165, 1.54) is 0 Å². The summed E-state index contributed by atoms with van der Waals surface area (Å²) in [5.41, 5.74) is 1.65. The smallest absolute Gasteiger partial charge is 0.128 e. The van der Waals surface area contributed by atoms with Crippen LogP contribution in [0.3, 0.4) is 0 Å². The Morgan fingerprint density at radius 3 is 2.30 bits per heavy atom. The number of aryl methyl sites for hydroxylation is 1. The molecule has 106 valence electrons. The van der Waals surface area contributed by atoms with Crippen molar-refractivity contribution in [3.05, 3.63) is 53.9 Å². The number of aromatic nitrogens is 1. The largest absolute Gasteiger partial charge is 0.496 e. The van der Waals surface area contributed by atoms with E-state index in [1.54, 1.807) is 20.4 Å². The second-order valence-corrected chi connectivity index (χ2v) is 4.45. The van der Waals surface area contributed by atoms with Gasteiger partial charge in [-0.05, 0) is 37.1 Å². The van der Waals surface area contributed by atoms with Crippen LogP contribution in [-0.2, 0) is 6.42 Å². The van der Waals surface area contributed by atoms with Crippen molar-refractivity contribution in [1.29, 1.82) is 0 Å². The van der Waals surface area contributed by atoms with Crippen LogP contribution in [0.1, 0.15) is 23.8 Å². The molecule has 0 aliphatic rings. The third kappa shape index (κ3) is 3.27. The lowest BCUT2D eigenvalue weighted by Crippen LogP contribution is -2.05. The molecule has 1 N–H and O–H groups in total. The number of pyridine rings is 1. The molecule has 1 heterocycles. The molecule has 1 aromatic heterocycles. The summed E-state index contributed by atoms with van der Waals surface area (Å²) in [6, 6.07) is 11.3. The molecule has 0 radical (unpaired) electrons. The second-order valence-electron chi connectivity index (χ2n) is 4.45. The number of methoxy groups -OCH3 is 2. The zero-order valence-electron chi connectivity index (χ0n) is 11.7. The molecule has 0 spiro atoms. The molecule has 0 saturated heterocycles. The molecule has 0 aliphatic heterocycles. The van der Waals surface area contributed by atoms with Crippen molar-refractivity contribution in [2.24, 2.45) is 0 Å². The van der Waals surface area contributed by atoms with E-state index in [1.807, 2.05) is 36.4 Å². The second kappa shape index (κ2) is 6.91. The van der Waals surface area contributed by atoms with Gasteiger partial charge in [0.05, 0.1) is 25.9 Å². The Morgan fingerprint density at radius 2 is 1.75 bits per heavy atom. The minimum absolute atomic E-state index is 0.563. The van der Waals surface area contributed by atoms with Gasteiger partial charge in [-0.3, -0.25) is 4.98 Å². The van der Waals surface area contributed by atoms with Gasteiger partial charge in [-0.2, -0.15) is 0 Å². The zero-order valence-corrected chi connectivity index (χ0v) is 11.7. The van der Waals surface area contributed by atoms with Crippen LogP contribution < -0.4 is 9.47 Å². The van der Waals surface area contributed by atoms with E-state index >= 15 is 0 Å². The van der Waals surface area contributed by atoms with E-state index in [-0.39, 0.29) is 0 Å². The Kier molecular flexibility index (Phi) is 4.96. The highest BCUT2D eigenvalue weighted by molar-refractivity contribution is 5.46. The molecule has 20 heavy (non-hydrogen) atoms. The maximum absolute atomic E-state index is 10.4. The van der Waals surface area contributed by atoms with Crippen LogP contribution in [0.25, 0.3) is 0 Å². The molecule has 0 amide bonds. The first-order chi connectivity index (χ1) is 9.76. The molecule has 2 rings (SSSR count). The molecule has 2 aromatic rings. The van der Waals surface area contributed by atoms with Crippen molar-refractivity contribution < 1.29 is 14.6 Å². The van der Waals surface area contributed by atoms with Gasteiger partial charge in [-0.1, -0.05) is 12.1 Å². The number of ether oxygens (including phenoxy) is 2. The van der Waals surface area contributed by atoms with Gasteiger partial charge in [0.2, 0.25) is 0 Å². The molecule has 1 aromatic carbocycles. The summed E-state index contributed by atoms with van der Waals surface area (Å²) in [5, 5.41) is 10.4. The van der Waals surface area contributed by atoms with Gasteiger partial charge in [0.1, 0.15) is 11.5 Å². The fraction of sp³-hybridized carbons (Fsp3) is 0.312. The van der Waals surface area contributed by atoms with Crippen LogP contribution in [-0.4, -0.2) is 24.3 Å². The Bertz CT molecular complexity index is 520. The van der Waals surface area contributed by atoms with Crippen molar-refractivity contribution in [2.75, 3.05) is 14.2 Å². The van der Waals surface area contributed by atoms with Crippen LogP contribution in [0.2, 0.25) is 0 Å². The SMILES string of the molecule is COc1cccc(OC)c1C(O)CCc1ccccn1. The maximum atomic E-state index is 10.4. The molecule has 0 bridgehead atoms. The van der Waals surface area contributed by atoms with Crippen molar-refractivity contribution in [3.8, 4) is 11.5 Å². The summed E-state index contributed by atoms with van der Waals surface area (Å²) in [6.45, 7) is 0. The van der Waals surface area contributed by atoms with Gasteiger partial charge in [0, 0.05) is 11.9 Å². The molecule has 0 fully saturated rings. The Balaban J connectivity index is 2.14. The average molecular weight is 273 g/mol. The number of hydrogen-bond acceptors (Lipinski definition) is 4. The molecule has 4 nitrogen and oxygen atoms in total. The predicted octanol–water partition coefficient (Wildman–Crippen LogP) is 2.77. The molecule has 0 saturated carbocycles. The lowest BCUT2D eigenvalue weighted by molar-refractivity contribution is 0.159. The van der Waals surface area contributed by atoms with Gasteiger partial charge in [0.25, 0.3) is 0 Å². The highest BCUT2D eigenvalue weighted by Crippen LogP contribution is 2.35. The third-order valence-electron chi connectivity index (χ3n) is 3.20. The highest BCUT2D eigenvalue weighted by Gasteiger charge is 2.18. The summed E-state index contributed by atoms with van der Waals surface area (Å²) >= 11 is 0. The van der Waals surface area contributed by atoms with E-state index < -0.39 is 6.10 Å². The van der Waals surface area contributed by atoms with Crippen LogP contribution in [0, 0.1) is 0 Å². The van der Waals surface area contributed by atoms with Gasteiger partial charge in [0.15, 0.2) is 0 Å². The van der Waals surface area contributed by atoms with Gasteiger partial charge in [-0.25, -0.2) is 0 Å².